The molecule has 0 aliphatic carbocycles. The van der Waals surface area contributed by atoms with E-state index in [2.05, 4.69) is 30.4 Å². The van der Waals surface area contributed by atoms with Crippen molar-refractivity contribution in [2.45, 2.75) is 13.1 Å². The first kappa shape index (κ1) is 22.8. The topological polar surface area (TPSA) is 66.4 Å². The van der Waals surface area contributed by atoms with Crippen LogP contribution in [0.25, 0.3) is 0 Å². The van der Waals surface area contributed by atoms with Crippen LogP contribution in [0, 0.1) is 18.4 Å². The zero-order chi connectivity index (χ0) is 17.9. The minimum atomic E-state index is -1.10. The summed E-state index contributed by atoms with van der Waals surface area (Å²) in [5.74, 6) is 0.831. The van der Waals surface area contributed by atoms with Gasteiger partial charge < -0.3 is 16.8 Å². The molecule has 0 heterocycles. The smallest absolute Gasteiger partial charge is 0.479 e. The number of rotatable bonds is 4. The van der Waals surface area contributed by atoms with E-state index >= 15 is 0 Å². The summed E-state index contributed by atoms with van der Waals surface area (Å²) in [6.45, 7) is 4.14. The third-order valence-corrected chi connectivity index (χ3v) is 3.74. The van der Waals surface area contributed by atoms with Gasteiger partial charge in [0.1, 0.15) is 0 Å². The van der Waals surface area contributed by atoms with Crippen LogP contribution in [-0.4, -0.2) is 31.9 Å². The second-order valence-electron chi connectivity index (χ2n) is 5.16. The summed E-state index contributed by atoms with van der Waals surface area (Å²) < 4.78 is 0. The Morgan fingerprint density at radius 2 is 1.84 bits per heavy atom. The summed E-state index contributed by atoms with van der Waals surface area (Å²) in [6, 6.07) is 16.3. The zero-order valence-corrected chi connectivity index (χ0v) is 17.9. The number of nitrogens with one attached hydrogen (secondary N) is 1. The molecule has 0 saturated carbocycles. The first-order chi connectivity index (χ1) is 11.5. The summed E-state index contributed by atoms with van der Waals surface area (Å²) in [7, 11) is -0.559. The fraction of sp³-hybridized carbons (Fsp3) is 0.158. The molecule has 0 fully saturated rings. The standard InChI is InChI=1S/C11H13NO3Si.C8H5.W/c1-16(2)7-12-10(13)8-5-3-4-6-9(8)11(14)15;1-2-8-6-4-3-5-7-8;/h4-6H,7H2,1-2H3,(H,12,13)(H,14,15);3-7H;/q2*-1;+2. The van der Waals surface area contributed by atoms with Crippen molar-refractivity contribution in [2.75, 3.05) is 6.17 Å². The molecule has 0 unspecified atom stereocenters. The van der Waals surface area contributed by atoms with E-state index in [4.69, 9.17) is 11.5 Å². The van der Waals surface area contributed by atoms with E-state index in [0.29, 0.717) is 6.17 Å². The Labute approximate surface area is 164 Å². The van der Waals surface area contributed by atoms with E-state index in [-0.39, 0.29) is 38.1 Å². The van der Waals surface area contributed by atoms with Crippen molar-refractivity contribution < 1.29 is 35.8 Å². The number of carbonyl (C=O) groups is 2. The SMILES string of the molecule is C[Si](C)CNC(=O)c1c[c-]ccc1C(=O)O.[C-]#Cc1ccccc1.[W+2]. The molecule has 6 heteroatoms. The third-order valence-electron chi connectivity index (χ3n) is 2.86. The summed E-state index contributed by atoms with van der Waals surface area (Å²) in [5.41, 5.74) is 1.00. The second-order valence-corrected chi connectivity index (χ2v) is 7.93. The number of aromatic carboxylic acids is 1. The average molecular weight is 520 g/mol. The Balaban J connectivity index is 0.000000540. The number of benzene rings is 2. The molecule has 2 aromatic carbocycles. The van der Waals surface area contributed by atoms with E-state index in [0.717, 1.165) is 5.56 Å². The molecule has 2 aromatic rings. The predicted molar refractivity (Wildman–Crippen MR) is 94.7 cm³/mol. The van der Waals surface area contributed by atoms with E-state index in [9.17, 15) is 9.59 Å². The Kier molecular flexibility index (Phi) is 11.2. The van der Waals surface area contributed by atoms with Gasteiger partial charge in [0.2, 0.25) is 0 Å². The summed E-state index contributed by atoms with van der Waals surface area (Å²) in [5, 5.41) is 11.6. The van der Waals surface area contributed by atoms with Crippen molar-refractivity contribution in [3.8, 4) is 5.92 Å². The van der Waals surface area contributed by atoms with E-state index in [1.807, 2.05) is 30.3 Å². The Bertz CT molecular complexity index is 727. The van der Waals surface area contributed by atoms with Crippen LogP contribution in [0.5, 0.6) is 0 Å². The molecular weight excluding hydrogens is 502 g/mol. The molecule has 0 saturated heterocycles. The number of carbonyl (C=O) groups excluding carboxylic acids is 1. The van der Waals surface area contributed by atoms with Crippen molar-refractivity contribution >= 4 is 20.7 Å². The van der Waals surface area contributed by atoms with Crippen LogP contribution >= 0.6 is 0 Å². The molecule has 4 nitrogen and oxygen atoms in total. The maximum absolute atomic E-state index is 11.7. The molecule has 1 amide bonds. The number of amides is 1. The van der Waals surface area contributed by atoms with Gasteiger partial charge >= 0.3 is 27.0 Å². The molecular formula is C19H18NO3SiW. The molecule has 127 valence electrons. The Hall–Kier alpha value is -2.15. The van der Waals surface area contributed by atoms with Crippen LogP contribution in [-0.2, 0) is 21.1 Å². The molecule has 0 spiro atoms. The molecule has 0 aromatic heterocycles. The van der Waals surface area contributed by atoms with Crippen LogP contribution in [0.4, 0.5) is 0 Å². The third kappa shape index (κ3) is 8.48. The second kappa shape index (κ2) is 12.2. The van der Waals surface area contributed by atoms with Crippen LogP contribution in [0.1, 0.15) is 26.3 Å². The largest absolute Gasteiger partial charge is 2.00 e. The van der Waals surface area contributed by atoms with Gasteiger partial charge in [-0.15, -0.1) is 17.7 Å². The maximum Gasteiger partial charge on any atom is 2.00 e. The van der Waals surface area contributed by atoms with Gasteiger partial charge in [0.15, 0.2) is 5.91 Å². The molecule has 0 bridgehead atoms. The first-order valence-corrected chi connectivity index (χ1v) is 9.94. The van der Waals surface area contributed by atoms with E-state index < -0.39 is 14.8 Å². The maximum atomic E-state index is 11.7. The van der Waals surface area contributed by atoms with Crippen molar-refractivity contribution in [1.82, 2.24) is 5.32 Å². The van der Waals surface area contributed by atoms with Gasteiger partial charge in [-0.2, -0.15) is 24.3 Å². The normalized spacial score (nSPS) is 9.04. The first-order valence-electron chi connectivity index (χ1n) is 7.24. The average Bonchev–Trinajstić information content (AvgIpc) is 2.60. The fourth-order valence-electron chi connectivity index (χ4n) is 1.68. The van der Waals surface area contributed by atoms with Crippen LogP contribution in [0.2, 0.25) is 13.1 Å². The van der Waals surface area contributed by atoms with Gasteiger partial charge in [0.25, 0.3) is 0 Å². The van der Waals surface area contributed by atoms with Crippen molar-refractivity contribution in [3.63, 3.8) is 0 Å². The van der Waals surface area contributed by atoms with Gasteiger partial charge in [-0.25, -0.2) is 4.79 Å². The monoisotopic (exact) mass is 520 g/mol. The number of carboxylic acid groups (broad SMARTS) is 1. The molecule has 2 rings (SSSR count). The molecule has 0 atom stereocenters. The fourth-order valence-corrected chi connectivity index (χ4v) is 2.19. The number of hydrogen-bond acceptors (Lipinski definition) is 2. The van der Waals surface area contributed by atoms with Crippen molar-refractivity contribution in [2.24, 2.45) is 0 Å². The van der Waals surface area contributed by atoms with Gasteiger partial charge in [0, 0.05) is 6.17 Å². The van der Waals surface area contributed by atoms with Crippen molar-refractivity contribution in [1.29, 1.82) is 0 Å². The Morgan fingerprint density at radius 3 is 2.32 bits per heavy atom. The van der Waals surface area contributed by atoms with Gasteiger partial charge in [-0.1, -0.05) is 36.9 Å². The molecule has 0 aliphatic rings. The molecule has 0 aliphatic heterocycles. The van der Waals surface area contributed by atoms with Crippen LogP contribution < -0.4 is 5.32 Å². The molecule has 25 heavy (non-hydrogen) atoms. The van der Waals surface area contributed by atoms with Crippen molar-refractivity contribution in [3.05, 3.63) is 77.7 Å². The number of hydrogen-bond donors (Lipinski definition) is 2. The van der Waals surface area contributed by atoms with Gasteiger partial charge in [0.05, 0.1) is 8.80 Å². The molecule has 2 N–H and O–H groups in total. The van der Waals surface area contributed by atoms with E-state index in [1.165, 1.54) is 18.2 Å². The van der Waals surface area contributed by atoms with Gasteiger partial charge in [-0.3, -0.25) is 10.7 Å². The summed E-state index contributed by atoms with van der Waals surface area (Å²) >= 11 is 0. The van der Waals surface area contributed by atoms with Crippen LogP contribution in [0.15, 0.2) is 48.5 Å². The van der Waals surface area contributed by atoms with Crippen LogP contribution in [0.3, 0.4) is 0 Å². The molecule has 1 radical (unpaired) electrons. The minimum Gasteiger partial charge on any atom is -0.479 e. The predicted octanol–water partition coefficient (Wildman–Crippen LogP) is 2.83. The number of carboxylic acids is 1. The minimum absolute atomic E-state index is 0. The zero-order valence-electron chi connectivity index (χ0n) is 14.0. The van der Waals surface area contributed by atoms with Gasteiger partial charge in [-0.05, 0) is 5.56 Å². The van der Waals surface area contributed by atoms with E-state index in [1.54, 1.807) is 0 Å². The summed E-state index contributed by atoms with van der Waals surface area (Å²) in [4.78, 5) is 22.6. The summed E-state index contributed by atoms with van der Waals surface area (Å²) in [6.07, 6.45) is 7.32. The Morgan fingerprint density at radius 1 is 1.20 bits per heavy atom. The quantitative estimate of drug-likeness (QED) is 0.371.